The van der Waals surface area contributed by atoms with Crippen LogP contribution in [0.15, 0.2) is 33.5 Å². The summed E-state index contributed by atoms with van der Waals surface area (Å²) in [5.74, 6) is -6.84. The third-order valence-electron chi connectivity index (χ3n) is 7.13. The number of rotatable bonds is 16. The maximum absolute atomic E-state index is 13.2. The van der Waals surface area contributed by atoms with E-state index in [0.717, 1.165) is 6.92 Å². The topological polar surface area (TPSA) is 267 Å². The molecule has 0 saturated heterocycles. The fraction of sp³-hybridized carbons (Fsp3) is 0.483. The molecule has 246 valence electrons. The largest absolute Gasteiger partial charge is 0.481 e. The monoisotopic (exact) mass is 633 g/mol. The lowest BCUT2D eigenvalue weighted by Crippen LogP contribution is -2.60. The lowest BCUT2D eigenvalue weighted by molar-refractivity contribution is -0.141. The third kappa shape index (κ3) is 10.7. The number of aliphatic hydroxyl groups excluding tert-OH is 1. The zero-order valence-corrected chi connectivity index (χ0v) is 25.3. The number of hydrogen-bond donors (Lipinski definition) is 8. The number of carboxylic acids is 2. The Bertz CT molecular complexity index is 1490. The zero-order valence-electron chi connectivity index (χ0n) is 25.3. The summed E-state index contributed by atoms with van der Waals surface area (Å²) in [5.41, 5.74) is 6.21. The molecule has 0 fully saturated rings. The van der Waals surface area contributed by atoms with Crippen molar-refractivity contribution >= 4 is 52.2 Å². The van der Waals surface area contributed by atoms with Crippen molar-refractivity contribution in [3.8, 4) is 0 Å². The molecule has 9 N–H and O–H groups in total. The minimum absolute atomic E-state index is 0.124. The molecule has 0 spiro atoms. The number of carbonyl (C=O) groups is 6. The molecule has 4 amide bonds. The average Bonchev–Trinajstić information content (AvgIpc) is 2.95. The number of aliphatic hydroxyl groups is 1. The van der Waals surface area contributed by atoms with Crippen LogP contribution in [0.3, 0.4) is 0 Å². The summed E-state index contributed by atoms with van der Waals surface area (Å²) in [7, 11) is 0. The number of hydrogen-bond acceptors (Lipinski definition) is 10. The van der Waals surface area contributed by atoms with Crippen molar-refractivity contribution in [2.45, 2.75) is 83.6 Å². The summed E-state index contributed by atoms with van der Waals surface area (Å²) in [4.78, 5) is 86.4. The summed E-state index contributed by atoms with van der Waals surface area (Å²) in [5, 5.41) is 38.6. The molecule has 2 rings (SSSR count). The zero-order chi connectivity index (χ0) is 34.0. The van der Waals surface area contributed by atoms with Gasteiger partial charge in [-0.3, -0.25) is 28.8 Å². The van der Waals surface area contributed by atoms with Crippen LogP contribution in [0.5, 0.6) is 0 Å². The number of aliphatic carboxylic acids is 2. The maximum atomic E-state index is 13.2. The van der Waals surface area contributed by atoms with Gasteiger partial charge < -0.3 is 46.7 Å². The lowest BCUT2D eigenvalue weighted by atomic mass is 9.98. The van der Waals surface area contributed by atoms with Crippen LogP contribution in [-0.4, -0.2) is 81.2 Å². The average molecular weight is 634 g/mol. The van der Waals surface area contributed by atoms with Crippen molar-refractivity contribution in [1.29, 1.82) is 0 Å². The summed E-state index contributed by atoms with van der Waals surface area (Å²) < 4.78 is 5.15. The first-order valence-electron chi connectivity index (χ1n) is 14.2. The van der Waals surface area contributed by atoms with Gasteiger partial charge in [0.25, 0.3) is 0 Å². The third-order valence-corrected chi connectivity index (χ3v) is 7.13. The summed E-state index contributed by atoms with van der Waals surface area (Å²) in [6.45, 7) is 6.35. The van der Waals surface area contributed by atoms with E-state index >= 15 is 0 Å². The first-order valence-corrected chi connectivity index (χ1v) is 14.2. The summed E-state index contributed by atoms with van der Waals surface area (Å²) in [6, 6.07) is -0.209. The maximum Gasteiger partial charge on any atom is 0.336 e. The highest BCUT2D eigenvalue weighted by atomic mass is 16.4. The van der Waals surface area contributed by atoms with Gasteiger partial charge in [-0.05, 0) is 43.9 Å². The highest BCUT2D eigenvalue weighted by Gasteiger charge is 2.34. The highest BCUT2D eigenvalue weighted by Crippen LogP contribution is 2.21. The lowest BCUT2D eigenvalue weighted by Gasteiger charge is -2.27. The molecule has 0 bridgehead atoms. The van der Waals surface area contributed by atoms with Gasteiger partial charge in [-0.1, -0.05) is 20.3 Å². The van der Waals surface area contributed by atoms with Gasteiger partial charge in [-0.2, -0.15) is 0 Å². The number of benzene rings is 1. The van der Waals surface area contributed by atoms with E-state index < -0.39 is 84.3 Å². The van der Waals surface area contributed by atoms with Gasteiger partial charge in [0.2, 0.25) is 23.6 Å². The first kappa shape index (κ1) is 36.4. The standard InChI is InChI=1S/C29H39N5O11/c1-5-13(2)24(30)28(43)32-18(8-9-21(36)37)26(41)34-25(15(4)35)29(44)33-19(12-22(38)39)27(42)31-16-6-7-17-14(3)10-23(40)45-20(17)11-16/h6-7,10-11,13,15,18-19,24-25,35H,5,8-9,12,30H2,1-4H3,(H,31,42)(H,32,43)(H,33,44)(H,34,41)(H,36,37)(H,38,39)/t13-,15+,18-,19-,24-,25-/m0/s1. The van der Waals surface area contributed by atoms with Crippen LogP contribution in [-0.2, 0) is 28.8 Å². The molecule has 16 nitrogen and oxygen atoms in total. The minimum Gasteiger partial charge on any atom is -0.481 e. The molecule has 0 aliphatic carbocycles. The quantitative estimate of drug-likeness (QED) is 0.110. The Hall–Kier alpha value is -4.83. The van der Waals surface area contributed by atoms with Crippen molar-refractivity contribution in [3.63, 3.8) is 0 Å². The summed E-state index contributed by atoms with van der Waals surface area (Å²) in [6.07, 6.45) is -2.81. The van der Waals surface area contributed by atoms with E-state index in [-0.39, 0.29) is 23.6 Å². The predicted octanol–water partition coefficient (Wildman–Crippen LogP) is -0.412. The smallest absolute Gasteiger partial charge is 0.336 e. The molecule has 0 aliphatic heterocycles. The van der Waals surface area contributed by atoms with Crippen molar-refractivity contribution in [2.75, 3.05) is 5.32 Å². The van der Waals surface area contributed by atoms with E-state index in [4.69, 9.17) is 15.3 Å². The van der Waals surface area contributed by atoms with Crippen molar-refractivity contribution in [2.24, 2.45) is 11.7 Å². The van der Waals surface area contributed by atoms with Gasteiger partial charge in [0.05, 0.1) is 18.6 Å². The van der Waals surface area contributed by atoms with Crippen LogP contribution in [0.1, 0.15) is 52.0 Å². The fourth-order valence-corrected chi connectivity index (χ4v) is 4.25. The van der Waals surface area contributed by atoms with E-state index in [1.807, 2.05) is 0 Å². The Morgan fingerprint density at radius 1 is 0.889 bits per heavy atom. The molecular weight excluding hydrogens is 594 g/mol. The molecule has 1 heterocycles. The van der Waals surface area contributed by atoms with E-state index in [0.29, 0.717) is 17.4 Å². The van der Waals surface area contributed by atoms with Crippen LogP contribution in [0.2, 0.25) is 0 Å². The Morgan fingerprint density at radius 2 is 1.53 bits per heavy atom. The molecule has 2 aromatic rings. The van der Waals surface area contributed by atoms with E-state index in [9.17, 15) is 43.8 Å². The van der Waals surface area contributed by atoms with Gasteiger partial charge in [0.1, 0.15) is 23.7 Å². The number of nitrogens with two attached hydrogens (primary N) is 1. The SMILES string of the molecule is CC[C@H](C)[C@H](N)C(=O)N[C@@H](CCC(=O)O)C(=O)N[C@H](C(=O)N[C@@H](CC(=O)O)C(=O)Nc1ccc2c(C)cc(=O)oc2c1)[C@@H](C)O. The fourth-order valence-electron chi connectivity index (χ4n) is 4.25. The normalized spacial score (nSPS) is 15.1. The number of nitrogens with one attached hydrogen (secondary N) is 4. The van der Waals surface area contributed by atoms with E-state index in [1.54, 1.807) is 26.8 Å². The van der Waals surface area contributed by atoms with Gasteiger partial charge in [-0.15, -0.1) is 0 Å². The molecule has 0 unspecified atom stereocenters. The number of aryl methyl sites for hydroxylation is 1. The molecule has 6 atom stereocenters. The number of carbonyl (C=O) groups excluding carboxylic acids is 4. The molecule has 1 aromatic carbocycles. The van der Waals surface area contributed by atoms with E-state index in [1.165, 1.54) is 18.2 Å². The Balaban J connectivity index is 2.24. The van der Waals surface area contributed by atoms with Gasteiger partial charge in [0.15, 0.2) is 0 Å². The molecule has 0 radical (unpaired) electrons. The first-order chi connectivity index (χ1) is 21.0. The molecule has 16 heteroatoms. The van der Waals surface area contributed by atoms with Crippen molar-refractivity contribution in [1.82, 2.24) is 16.0 Å². The summed E-state index contributed by atoms with van der Waals surface area (Å²) >= 11 is 0. The van der Waals surface area contributed by atoms with Crippen LogP contribution < -0.4 is 32.6 Å². The second-order valence-corrected chi connectivity index (χ2v) is 10.7. The van der Waals surface area contributed by atoms with Gasteiger partial charge in [0, 0.05) is 29.6 Å². The molecule has 45 heavy (non-hydrogen) atoms. The number of carboxylic acid groups (broad SMARTS) is 2. The second kappa shape index (κ2) is 16.3. The van der Waals surface area contributed by atoms with Crippen molar-refractivity contribution in [3.05, 3.63) is 40.2 Å². The second-order valence-electron chi connectivity index (χ2n) is 10.7. The number of amides is 4. The minimum atomic E-state index is -1.74. The molecular formula is C29H39N5O11. The van der Waals surface area contributed by atoms with Crippen LogP contribution >= 0.6 is 0 Å². The Morgan fingerprint density at radius 3 is 2.11 bits per heavy atom. The van der Waals surface area contributed by atoms with Crippen LogP contribution in [0.25, 0.3) is 11.0 Å². The molecule has 0 aliphatic rings. The highest BCUT2D eigenvalue weighted by molar-refractivity contribution is 6.01. The number of fused-ring (bicyclic) bond motifs is 1. The van der Waals surface area contributed by atoms with E-state index in [2.05, 4.69) is 21.3 Å². The molecule has 0 saturated carbocycles. The molecule has 1 aromatic heterocycles. The Kier molecular flexibility index (Phi) is 13.2. The Labute approximate surface area is 257 Å². The van der Waals surface area contributed by atoms with Gasteiger partial charge in [-0.25, -0.2) is 4.79 Å². The van der Waals surface area contributed by atoms with Crippen LogP contribution in [0.4, 0.5) is 5.69 Å². The predicted molar refractivity (Wildman–Crippen MR) is 160 cm³/mol. The number of anilines is 1. The van der Waals surface area contributed by atoms with Crippen LogP contribution in [0, 0.1) is 12.8 Å². The van der Waals surface area contributed by atoms with Gasteiger partial charge >= 0.3 is 17.6 Å². The van der Waals surface area contributed by atoms with Crippen molar-refractivity contribution < 1.29 is 48.5 Å².